The van der Waals surface area contributed by atoms with Crippen LogP contribution in [0.15, 0.2) is 36.7 Å². The molecule has 1 aromatic heterocycles. The number of methoxy groups -OCH3 is 1. The summed E-state index contributed by atoms with van der Waals surface area (Å²) in [4.78, 5) is 16.1. The molecule has 4 aliphatic rings. The van der Waals surface area contributed by atoms with Gasteiger partial charge in [-0.25, -0.2) is 9.97 Å². The van der Waals surface area contributed by atoms with Gasteiger partial charge in [-0.1, -0.05) is 6.42 Å². The fourth-order valence-corrected chi connectivity index (χ4v) is 6.16. The van der Waals surface area contributed by atoms with Crippen LogP contribution in [0, 0.1) is 0 Å². The van der Waals surface area contributed by atoms with Gasteiger partial charge in [-0.05, 0) is 62.8 Å². The van der Waals surface area contributed by atoms with Gasteiger partial charge in [0.15, 0.2) is 0 Å². The molecule has 3 saturated heterocycles. The van der Waals surface area contributed by atoms with Crippen LogP contribution in [-0.2, 0) is 4.74 Å². The predicted octanol–water partition coefficient (Wildman–Crippen LogP) is 3.76. The highest BCUT2D eigenvalue weighted by Crippen LogP contribution is 2.34. The van der Waals surface area contributed by atoms with E-state index in [2.05, 4.69) is 48.9 Å². The monoisotopic (exact) mass is 493 g/mol. The van der Waals surface area contributed by atoms with Crippen LogP contribution >= 0.6 is 0 Å². The zero-order valence-corrected chi connectivity index (χ0v) is 21.5. The number of piperidine rings is 2. The van der Waals surface area contributed by atoms with Crippen LogP contribution in [0.5, 0.6) is 11.8 Å². The van der Waals surface area contributed by atoms with Gasteiger partial charge in [-0.15, -0.1) is 0 Å². The average molecular weight is 494 g/mol. The third-order valence-electron chi connectivity index (χ3n) is 8.66. The minimum Gasteiger partial charge on any atom is -0.490 e. The number of benzene rings is 1. The molecule has 0 radical (unpaired) electrons. The lowest BCUT2D eigenvalue weighted by Gasteiger charge is -2.48. The Morgan fingerprint density at radius 3 is 2.22 bits per heavy atom. The molecule has 0 amide bonds. The third kappa shape index (κ3) is 5.11. The van der Waals surface area contributed by atoms with E-state index in [1.165, 1.54) is 38.0 Å². The van der Waals surface area contributed by atoms with Gasteiger partial charge in [0.25, 0.3) is 0 Å². The molecule has 8 heteroatoms. The van der Waals surface area contributed by atoms with E-state index >= 15 is 0 Å². The number of rotatable bonds is 6. The molecule has 1 spiro atoms. The SMILES string of the molecule is COc1ncc(N2CCOC3(CCN(c4ccc(OC5CCN(C6CCC6)CC5)cc4)CC3)C2)cn1. The van der Waals surface area contributed by atoms with E-state index < -0.39 is 0 Å². The summed E-state index contributed by atoms with van der Waals surface area (Å²) in [5, 5.41) is 0. The van der Waals surface area contributed by atoms with E-state index in [1.807, 2.05) is 12.4 Å². The molecule has 1 saturated carbocycles. The van der Waals surface area contributed by atoms with Gasteiger partial charge in [0, 0.05) is 51.0 Å². The Kier molecular flexibility index (Phi) is 6.89. The molecule has 0 atom stereocenters. The molecule has 8 nitrogen and oxygen atoms in total. The normalized spacial score (nSPS) is 23.5. The van der Waals surface area contributed by atoms with Crippen molar-refractivity contribution in [2.24, 2.45) is 0 Å². The molecule has 3 aliphatic heterocycles. The van der Waals surface area contributed by atoms with Crippen molar-refractivity contribution < 1.29 is 14.2 Å². The number of hydrogen-bond acceptors (Lipinski definition) is 8. The maximum absolute atomic E-state index is 6.37. The van der Waals surface area contributed by atoms with Crippen LogP contribution in [0.2, 0.25) is 0 Å². The van der Waals surface area contributed by atoms with Crippen molar-refractivity contribution in [1.29, 1.82) is 0 Å². The molecule has 2 aromatic rings. The zero-order chi connectivity index (χ0) is 24.4. The second-order valence-electron chi connectivity index (χ2n) is 10.8. The number of aromatic nitrogens is 2. The molecule has 1 aromatic carbocycles. The van der Waals surface area contributed by atoms with Crippen LogP contribution in [0.25, 0.3) is 0 Å². The summed E-state index contributed by atoms with van der Waals surface area (Å²) in [5.41, 5.74) is 2.20. The number of nitrogens with zero attached hydrogens (tertiary/aromatic N) is 5. The number of hydrogen-bond donors (Lipinski definition) is 0. The Labute approximate surface area is 214 Å². The number of morpholine rings is 1. The second-order valence-corrected chi connectivity index (χ2v) is 10.8. The maximum atomic E-state index is 6.37. The molecular formula is C28H39N5O3. The van der Waals surface area contributed by atoms with Gasteiger partial charge in [-0.3, -0.25) is 0 Å². The van der Waals surface area contributed by atoms with E-state index in [1.54, 1.807) is 7.11 Å². The Balaban J connectivity index is 0.997. The van der Waals surface area contributed by atoms with Crippen molar-refractivity contribution in [2.75, 3.05) is 62.8 Å². The van der Waals surface area contributed by atoms with E-state index in [-0.39, 0.29) is 5.60 Å². The van der Waals surface area contributed by atoms with E-state index in [9.17, 15) is 0 Å². The summed E-state index contributed by atoms with van der Waals surface area (Å²) in [6.07, 6.45) is 12.6. The molecule has 0 bridgehead atoms. The lowest BCUT2D eigenvalue weighted by molar-refractivity contribution is -0.0704. The predicted molar refractivity (Wildman–Crippen MR) is 140 cm³/mol. The van der Waals surface area contributed by atoms with Gasteiger partial charge >= 0.3 is 6.01 Å². The highest BCUT2D eigenvalue weighted by Gasteiger charge is 2.40. The summed E-state index contributed by atoms with van der Waals surface area (Å²) in [5.74, 6) is 1.00. The van der Waals surface area contributed by atoms with Crippen molar-refractivity contribution >= 4 is 11.4 Å². The molecule has 36 heavy (non-hydrogen) atoms. The van der Waals surface area contributed by atoms with E-state index in [4.69, 9.17) is 14.2 Å². The number of anilines is 2. The fraction of sp³-hybridized carbons (Fsp3) is 0.643. The molecule has 0 N–H and O–H groups in total. The molecule has 4 fully saturated rings. The summed E-state index contributed by atoms with van der Waals surface area (Å²) in [7, 11) is 1.59. The maximum Gasteiger partial charge on any atom is 0.316 e. The summed E-state index contributed by atoms with van der Waals surface area (Å²) in [6.45, 7) is 6.84. The smallest absolute Gasteiger partial charge is 0.316 e. The van der Waals surface area contributed by atoms with Crippen molar-refractivity contribution in [3.05, 3.63) is 36.7 Å². The average Bonchev–Trinajstić information content (AvgIpc) is 2.90. The van der Waals surface area contributed by atoms with E-state index in [0.717, 1.165) is 75.9 Å². The summed E-state index contributed by atoms with van der Waals surface area (Å²) < 4.78 is 17.8. The number of ether oxygens (including phenoxy) is 3. The van der Waals surface area contributed by atoms with Crippen LogP contribution in [-0.4, -0.2) is 85.6 Å². The lowest BCUT2D eigenvalue weighted by atomic mass is 9.89. The molecule has 0 unspecified atom stereocenters. The number of likely N-dealkylation sites (tertiary alicyclic amines) is 1. The van der Waals surface area contributed by atoms with Crippen molar-refractivity contribution in [3.8, 4) is 11.8 Å². The minimum absolute atomic E-state index is 0.105. The Bertz CT molecular complexity index is 981. The van der Waals surface area contributed by atoms with Crippen LogP contribution in [0.1, 0.15) is 44.9 Å². The second kappa shape index (κ2) is 10.4. The van der Waals surface area contributed by atoms with Gasteiger partial charge in [0.05, 0.1) is 37.4 Å². The van der Waals surface area contributed by atoms with Crippen LogP contribution in [0.3, 0.4) is 0 Å². The first kappa shape index (κ1) is 23.8. The summed E-state index contributed by atoms with van der Waals surface area (Å²) in [6, 6.07) is 10.0. The third-order valence-corrected chi connectivity index (χ3v) is 8.66. The highest BCUT2D eigenvalue weighted by molar-refractivity contribution is 5.50. The topological polar surface area (TPSA) is 63.2 Å². The standard InChI is InChI=1S/C28H39N5O3/c1-34-27-29-19-24(20-30-27)33-17-18-35-28(21-33)11-15-32(16-12-28)23-5-7-25(8-6-23)36-26-9-13-31(14-10-26)22-3-2-4-22/h5-8,19-20,22,26H,2-4,9-18,21H2,1H3. The zero-order valence-electron chi connectivity index (χ0n) is 21.5. The van der Waals surface area contributed by atoms with Crippen LogP contribution in [0.4, 0.5) is 11.4 Å². The quantitative estimate of drug-likeness (QED) is 0.603. The Morgan fingerprint density at radius 1 is 0.861 bits per heavy atom. The molecule has 6 rings (SSSR count). The Hall–Kier alpha value is -2.58. The largest absolute Gasteiger partial charge is 0.490 e. The van der Waals surface area contributed by atoms with Crippen LogP contribution < -0.4 is 19.3 Å². The van der Waals surface area contributed by atoms with Gasteiger partial charge in [0.1, 0.15) is 11.9 Å². The first-order valence-corrected chi connectivity index (χ1v) is 13.7. The van der Waals surface area contributed by atoms with Gasteiger partial charge in [0.2, 0.25) is 0 Å². The van der Waals surface area contributed by atoms with Crippen molar-refractivity contribution in [1.82, 2.24) is 14.9 Å². The summed E-state index contributed by atoms with van der Waals surface area (Å²) >= 11 is 0. The highest BCUT2D eigenvalue weighted by atomic mass is 16.5. The first-order chi connectivity index (χ1) is 17.7. The van der Waals surface area contributed by atoms with Crippen molar-refractivity contribution in [3.63, 3.8) is 0 Å². The molecule has 194 valence electrons. The minimum atomic E-state index is -0.105. The molecule has 1 aliphatic carbocycles. The lowest BCUT2D eigenvalue weighted by Crippen LogP contribution is -2.57. The van der Waals surface area contributed by atoms with Gasteiger partial charge in [-0.2, -0.15) is 0 Å². The van der Waals surface area contributed by atoms with Crippen molar-refractivity contribution in [2.45, 2.75) is 62.7 Å². The fourth-order valence-electron chi connectivity index (χ4n) is 6.16. The van der Waals surface area contributed by atoms with Gasteiger partial charge < -0.3 is 28.9 Å². The molecular weight excluding hydrogens is 454 g/mol. The first-order valence-electron chi connectivity index (χ1n) is 13.7. The Morgan fingerprint density at radius 2 is 1.58 bits per heavy atom. The van der Waals surface area contributed by atoms with E-state index in [0.29, 0.717) is 12.1 Å². The molecule has 4 heterocycles.